The van der Waals surface area contributed by atoms with Crippen LogP contribution in [-0.2, 0) is 30.3 Å². The van der Waals surface area contributed by atoms with Crippen molar-refractivity contribution < 1.29 is 38.9 Å². The first-order valence-corrected chi connectivity index (χ1v) is 15.8. The van der Waals surface area contributed by atoms with Gasteiger partial charge in [-0.1, -0.05) is 74.7 Å². The number of amides is 3. The fourth-order valence-corrected chi connectivity index (χ4v) is 4.75. The number of aliphatic hydroxyl groups excluding tert-OH is 1. The summed E-state index contributed by atoms with van der Waals surface area (Å²) < 4.78 is 10.9. The Bertz CT molecular complexity index is 1290. The van der Waals surface area contributed by atoms with E-state index in [1.54, 1.807) is 53.7 Å². The second-order valence-corrected chi connectivity index (χ2v) is 13.2. The minimum absolute atomic E-state index is 0.0630. The van der Waals surface area contributed by atoms with Crippen LogP contribution in [0.1, 0.15) is 91.3 Å². The maximum absolute atomic E-state index is 14.3. The highest BCUT2D eigenvalue weighted by Crippen LogP contribution is 2.30. The number of phenols is 1. The number of nitrogens with zero attached hydrogens (tertiary/aromatic N) is 1. The number of unbranched alkanes of at least 4 members (excludes halogenated alkanes) is 3. The molecule has 4 N–H and O–H groups in total. The molecule has 2 aromatic rings. The minimum Gasteiger partial charge on any atom is -0.508 e. The molecule has 3 atom stereocenters. The summed E-state index contributed by atoms with van der Waals surface area (Å²) in [4.78, 5) is 55.7. The van der Waals surface area contributed by atoms with Crippen LogP contribution in [0, 0.1) is 0 Å². The van der Waals surface area contributed by atoms with Crippen LogP contribution in [0.2, 0.25) is 0 Å². The monoisotopic (exact) mass is 641 g/mol. The zero-order valence-electron chi connectivity index (χ0n) is 28.2. The number of aliphatic hydroxyl groups is 1. The molecule has 2 aromatic carbocycles. The van der Waals surface area contributed by atoms with Crippen molar-refractivity contribution in [2.45, 2.75) is 110 Å². The summed E-state index contributed by atoms with van der Waals surface area (Å²) in [6.45, 7) is 11.5. The second-order valence-electron chi connectivity index (χ2n) is 13.2. The Hall–Kier alpha value is -4.12. The third-order valence-electron chi connectivity index (χ3n) is 6.79. The van der Waals surface area contributed by atoms with E-state index in [0.29, 0.717) is 6.42 Å². The van der Waals surface area contributed by atoms with Crippen LogP contribution in [0.5, 0.6) is 5.75 Å². The van der Waals surface area contributed by atoms with Gasteiger partial charge in [-0.05, 0) is 59.6 Å². The number of aromatic hydroxyl groups is 1. The summed E-state index contributed by atoms with van der Waals surface area (Å²) in [5.74, 6) is -2.41. The van der Waals surface area contributed by atoms with Crippen molar-refractivity contribution in [1.82, 2.24) is 15.5 Å². The first-order chi connectivity index (χ1) is 21.6. The molecular weight excluding hydrogens is 590 g/mol. The molecule has 2 rings (SSSR count). The molecule has 0 spiro atoms. The lowest BCUT2D eigenvalue weighted by molar-refractivity contribution is -0.159. The molecule has 0 aliphatic rings. The van der Waals surface area contributed by atoms with E-state index >= 15 is 0 Å². The van der Waals surface area contributed by atoms with Crippen molar-refractivity contribution in [3.63, 3.8) is 0 Å². The number of hydrogen-bond acceptors (Lipinski definition) is 8. The van der Waals surface area contributed by atoms with Gasteiger partial charge in [0.15, 0.2) is 0 Å². The van der Waals surface area contributed by atoms with E-state index in [4.69, 9.17) is 9.47 Å². The molecule has 0 aliphatic carbocycles. The van der Waals surface area contributed by atoms with Gasteiger partial charge >= 0.3 is 12.1 Å². The number of ether oxygens (including phenoxy) is 2. The quantitative estimate of drug-likeness (QED) is 0.160. The van der Waals surface area contributed by atoms with Gasteiger partial charge in [-0.15, -0.1) is 0 Å². The molecule has 3 unspecified atom stereocenters. The summed E-state index contributed by atoms with van der Waals surface area (Å²) in [6.07, 6.45) is 2.25. The molecule has 0 saturated carbocycles. The molecule has 0 radical (unpaired) electrons. The van der Waals surface area contributed by atoms with E-state index in [0.717, 1.165) is 24.8 Å². The van der Waals surface area contributed by atoms with E-state index in [1.165, 1.54) is 17.0 Å². The predicted molar refractivity (Wildman–Crippen MR) is 175 cm³/mol. The number of alkyl carbamates (subject to hydrolysis) is 1. The number of carbonyl (C=O) groups excluding carboxylic acids is 4. The lowest BCUT2D eigenvalue weighted by Gasteiger charge is -2.35. The van der Waals surface area contributed by atoms with Gasteiger partial charge in [0.1, 0.15) is 35.1 Å². The third-order valence-corrected chi connectivity index (χ3v) is 6.79. The van der Waals surface area contributed by atoms with Gasteiger partial charge in [-0.2, -0.15) is 0 Å². The number of nitrogens with one attached hydrogen (secondary N) is 2. The Morgan fingerprint density at radius 3 is 1.98 bits per heavy atom. The maximum atomic E-state index is 14.3. The van der Waals surface area contributed by atoms with Crippen molar-refractivity contribution in [2.24, 2.45) is 0 Å². The standard InChI is InChI=1S/C35H51N3O8/c1-8-9-10-16-21-38(31(42)27(23-39)37-33(44)46-35(5,6)7)29(25-19-14-15-20-28(25)40)30(41)36-26(32(43)45-34(2,3)4)22-24-17-12-11-13-18-24/h11-15,17-20,26-27,29,39-40H,8-10,16,21-23H2,1-7H3,(H,36,41)(H,37,44). The van der Waals surface area contributed by atoms with Crippen molar-refractivity contribution in [3.8, 4) is 5.75 Å². The van der Waals surface area contributed by atoms with Gasteiger partial charge in [0.2, 0.25) is 11.8 Å². The van der Waals surface area contributed by atoms with E-state index in [-0.39, 0.29) is 24.3 Å². The first kappa shape index (κ1) is 38.1. The van der Waals surface area contributed by atoms with Crippen molar-refractivity contribution >= 4 is 23.9 Å². The smallest absolute Gasteiger partial charge is 0.408 e. The Morgan fingerprint density at radius 1 is 0.804 bits per heavy atom. The lowest BCUT2D eigenvalue weighted by Crippen LogP contribution is -2.56. The fraction of sp³-hybridized carbons (Fsp3) is 0.543. The number of rotatable bonds is 15. The average Bonchev–Trinajstić information content (AvgIpc) is 2.96. The molecule has 11 heteroatoms. The zero-order valence-corrected chi connectivity index (χ0v) is 28.2. The fourth-order valence-electron chi connectivity index (χ4n) is 4.75. The average molecular weight is 642 g/mol. The van der Waals surface area contributed by atoms with Gasteiger partial charge in [0, 0.05) is 18.5 Å². The molecule has 0 aromatic heterocycles. The highest BCUT2D eigenvalue weighted by molar-refractivity contribution is 5.94. The SMILES string of the molecule is CCCCCCN(C(=O)C(CO)NC(=O)OC(C)(C)C)C(C(=O)NC(Cc1ccccc1)C(=O)OC(C)(C)C)c1ccccc1O. The number of carbonyl (C=O) groups is 4. The second kappa shape index (κ2) is 17.5. The zero-order chi connectivity index (χ0) is 34.5. The molecular formula is C35H51N3O8. The van der Waals surface area contributed by atoms with Gasteiger partial charge < -0.3 is 35.2 Å². The molecule has 0 saturated heterocycles. The number of phenolic OH excluding ortho intramolecular Hbond substituents is 1. The normalized spacial score (nSPS) is 13.6. The van der Waals surface area contributed by atoms with Crippen LogP contribution >= 0.6 is 0 Å². The maximum Gasteiger partial charge on any atom is 0.408 e. The Kier molecular flexibility index (Phi) is 14.5. The topological polar surface area (TPSA) is 154 Å². The Morgan fingerprint density at radius 2 is 1.41 bits per heavy atom. The summed E-state index contributed by atoms with van der Waals surface area (Å²) in [7, 11) is 0. The highest BCUT2D eigenvalue weighted by atomic mass is 16.6. The predicted octanol–water partition coefficient (Wildman–Crippen LogP) is 4.80. The Balaban J connectivity index is 2.58. The van der Waals surface area contributed by atoms with Crippen molar-refractivity contribution in [2.75, 3.05) is 13.2 Å². The van der Waals surface area contributed by atoms with E-state index in [2.05, 4.69) is 10.6 Å². The van der Waals surface area contributed by atoms with Gasteiger partial charge in [0.05, 0.1) is 6.61 Å². The number of esters is 1. The van der Waals surface area contributed by atoms with Crippen LogP contribution in [0.25, 0.3) is 0 Å². The first-order valence-electron chi connectivity index (χ1n) is 15.8. The van der Waals surface area contributed by atoms with Crippen LogP contribution in [0.15, 0.2) is 54.6 Å². The van der Waals surface area contributed by atoms with E-state index in [9.17, 15) is 29.4 Å². The molecule has 0 bridgehead atoms. The molecule has 3 amide bonds. The van der Waals surface area contributed by atoms with Gasteiger partial charge in [-0.3, -0.25) is 9.59 Å². The van der Waals surface area contributed by atoms with E-state index < -0.39 is 59.8 Å². The van der Waals surface area contributed by atoms with Crippen LogP contribution < -0.4 is 10.6 Å². The van der Waals surface area contributed by atoms with Gasteiger partial charge in [0.25, 0.3) is 0 Å². The Labute approximate surface area is 272 Å². The van der Waals surface area contributed by atoms with Gasteiger partial charge in [-0.25, -0.2) is 9.59 Å². The van der Waals surface area contributed by atoms with E-state index in [1.807, 2.05) is 37.3 Å². The van der Waals surface area contributed by atoms with Crippen LogP contribution in [0.4, 0.5) is 4.79 Å². The molecule has 0 aliphatic heterocycles. The molecule has 0 fully saturated rings. The molecule has 0 heterocycles. The largest absolute Gasteiger partial charge is 0.508 e. The highest BCUT2D eigenvalue weighted by Gasteiger charge is 2.39. The third kappa shape index (κ3) is 12.7. The van der Waals surface area contributed by atoms with Crippen LogP contribution in [0.3, 0.4) is 0 Å². The number of benzene rings is 2. The summed E-state index contributed by atoms with van der Waals surface area (Å²) in [5, 5.41) is 26.3. The lowest BCUT2D eigenvalue weighted by atomic mass is 9.99. The van der Waals surface area contributed by atoms with Crippen molar-refractivity contribution in [1.29, 1.82) is 0 Å². The minimum atomic E-state index is -1.45. The molecule has 46 heavy (non-hydrogen) atoms. The number of hydrogen-bond donors (Lipinski definition) is 4. The molecule has 254 valence electrons. The summed E-state index contributed by atoms with van der Waals surface area (Å²) in [5.41, 5.74) is -0.815. The summed E-state index contributed by atoms with van der Waals surface area (Å²) in [6, 6.07) is 11.2. The number of para-hydroxylation sites is 1. The summed E-state index contributed by atoms with van der Waals surface area (Å²) >= 11 is 0. The van der Waals surface area contributed by atoms with Crippen molar-refractivity contribution in [3.05, 3.63) is 65.7 Å². The van der Waals surface area contributed by atoms with Crippen LogP contribution in [-0.4, -0.2) is 75.4 Å². The molecule has 11 nitrogen and oxygen atoms in total.